The zero-order chi connectivity index (χ0) is 11.8. The summed E-state index contributed by atoms with van der Waals surface area (Å²) in [7, 11) is 0. The molecule has 2 fully saturated rings. The summed E-state index contributed by atoms with van der Waals surface area (Å²) in [5, 5.41) is 12.4. The van der Waals surface area contributed by atoms with E-state index in [0.717, 1.165) is 31.3 Å². The zero-order valence-electron chi connectivity index (χ0n) is 10.7. The average molecular weight is 221 g/mol. The normalized spacial score (nSPS) is 34.6. The van der Waals surface area contributed by atoms with E-state index in [1.165, 1.54) is 6.54 Å². The number of hydrogen-bond donors (Lipinski definition) is 1. The van der Waals surface area contributed by atoms with Crippen molar-refractivity contribution in [3.05, 3.63) is 0 Å². The van der Waals surface area contributed by atoms with Gasteiger partial charge in [-0.05, 0) is 38.6 Å². The predicted molar refractivity (Wildman–Crippen MR) is 64.9 cm³/mol. The lowest BCUT2D eigenvalue weighted by Gasteiger charge is -2.40. The van der Waals surface area contributed by atoms with Crippen LogP contribution in [0.1, 0.15) is 33.6 Å². The topological polar surface area (TPSA) is 39.1 Å². The van der Waals surface area contributed by atoms with Crippen LogP contribution >= 0.6 is 0 Å². The smallest absolute Gasteiger partial charge is 0.0638 e. The van der Waals surface area contributed by atoms with Crippen molar-refractivity contribution in [3.63, 3.8) is 0 Å². The molecular formula is C13H23N3. The molecule has 2 rings (SSSR count). The van der Waals surface area contributed by atoms with E-state index in [9.17, 15) is 0 Å². The highest BCUT2D eigenvalue weighted by molar-refractivity contribution is 5.06. The van der Waals surface area contributed by atoms with E-state index in [1.807, 2.05) is 0 Å². The van der Waals surface area contributed by atoms with Gasteiger partial charge >= 0.3 is 0 Å². The molecule has 0 radical (unpaired) electrons. The Morgan fingerprint density at radius 2 is 2.25 bits per heavy atom. The first-order chi connectivity index (χ1) is 7.61. The molecule has 16 heavy (non-hydrogen) atoms. The molecule has 3 atom stereocenters. The lowest BCUT2D eigenvalue weighted by molar-refractivity contribution is 0.0882. The molecule has 2 aliphatic heterocycles. The van der Waals surface area contributed by atoms with Gasteiger partial charge in [0.2, 0.25) is 0 Å². The van der Waals surface area contributed by atoms with Crippen molar-refractivity contribution in [1.29, 1.82) is 5.26 Å². The van der Waals surface area contributed by atoms with E-state index >= 15 is 0 Å². The highest BCUT2D eigenvalue weighted by Crippen LogP contribution is 2.42. The number of nitrogens with one attached hydrogen (secondary N) is 1. The fourth-order valence-corrected chi connectivity index (χ4v) is 3.65. The maximum absolute atomic E-state index is 8.91. The molecule has 0 spiro atoms. The Balaban J connectivity index is 2.14. The van der Waals surface area contributed by atoms with Crippen LogP contribution in [0.3, 0.4) is 0 Å². The third-order valence-electron chi connectivity index (χ3n) is 4.66. The number of hydrogen-bond acceptors (Lipinski definition) is 3. The molecular weight excluding hydrogens is 198 g/mol. The number of nitrogens with zero attached hydrogens (tertiary/aromatic N) is 2. The third-order valence-corrected chi connectivity index (χ3v) is 4.66. The lowest BCUT2D eigenvalue weighted by Crippen LogP contribution is -2.49. The summed E-state index contributed by atoms with van der Waals surface area (Å²) in [6, 6.07) is 2.79. The predicted octanol–water partition coefficient (Wildman–Crippen LogP) is 1.61. The number of fused-ring (bicyclic) bond motifs is 1. The summed E-state index contributed by atoms with van der Waals surface area (Å²) in [4.78, 5) is 2.59. The molecule has 2 heterocycles. The van der Waals surface area contributed by atoms with Crippen molar-refractivity contribution in [2.75, 3.05) is 19.6 Å². The number of likely N-dealkylation sites (tertiary alicyclic amines) is 1. The first-order valence-electron chi connectivity index (χ1n) is 6.45. The maximum Gasteiger partial charge on any atom is 0.0638 e. The van der Waals surface area contributed by atoms with Crippen molar-refractivity contribution in [3.8, 4) is 6.07 Å². The molecule has 3 heteroatoms. The van der Waals surface area contributed by atoms with Gasteiger partial charge in [0.25, 0.3) is 0 Å². The van der Waals surface area contributed by atoms with Crippen LogP contribution in [-0.4, -0.2) is 36.1 Å². The van der Waals surface area contributed by atoms with Crippen LogP contribution in [0.15, 0.2) is 0 Å². The molecule has 0 aromatic carbocycles. The minimum Gasteiger partial charge on any atom is -0.316 e. The van der Waals surface area contributed by atoms with E-state index in [-0.39, 0.29) is 5.54 Å². The van der Waals surface area contributed by atoms with Crippen LogP contribution in [-0.2, 0) is 0 Å². The quantitative estimate of drug-likeness (QED) is 0.787. The number of rotatable bonds is 3. The summed E-state index contributed by atoms with van der Waals surface area (Å²) in [6.45, 7) is 10.4. The fraction of sp³-hybridized carbons (Fsp3) is 0.923. The van der Waals surface area contributed by atoms with Crippen LogP contribution in [0.4, 0.5) is 0 Å². The molecule has 2 aliphatic rings. The van der Waals surface area contributed by atoms with Gasteiger partial charge in [0, 0.05) is 24.7 Å². The van der Waals surface area contributed by atoms with Crippen molar-refractivity contribution in [2.45, 2.75) is 45.2 Å². The van der Waals surface area contributed by atoms with Gasteiger partial charge in [-0.2, -0.15) is 5.26 Å². The molecule has 0 aromatic heterocycles. The molecule has 3 nitrogen and oxygen atoms in total. The van der Waals surface area contributed by atoms with Gasteiger partial charge < -0.3 is 5.32 Å². The Hall–Kier alpha value is -0.590. The zero-order valence-corrected chi connectivity index (χ0v) is 10.7. The van der Waals surface area contributed by atoms with Crippen LogP contribution in [0.2, 0.25) is 0 Å². The molecule has 0 aromatic rings. The van der Waals surface area contributed by atoms with Crippen molar-refractivity contribution >= 4 is 0 Å². The Morgan fingerprint density at radius 3 is 2.81 bits per heavy atom. The van der Waals surface area contributed by atoms with Crippen LogP contribution in [0, 0.1) is 23.2 Å². The maximum atomic E-state index is 8.91. The SMILES string of the molecule is CCC(CC#N)N1CC2CNCC2C1(C)C. The minimum atomic E-state index is 0.256. The number of nitriles is 1. The Kier molecular flexibility index (Phi) is 3.23. The third kappa shape index (κ3) is 1.74. The van der Waals surface area contributed by atoms with Crippen LogP contribution in [0.25, 0.3) is 0 Å². The van der Waals surface area contributed by atoms with Gasteiger partial charge in [-0.25, -0.2) is 0 Å². The van der Waals surface area contributed by atoms with Crippen molar-refractivity contribution in [1.82, 2.24) is 10.2 Å². The second-order valence-corrected chi connectivity index (χ2v) is 5.76. The standard InChI is InChI=1S/C13H23N3/c1-4-11(5-6-14)16-9-10-7-15-8-12(10)13(16,2)3/h10-12,15H,4-5,7-9H2,1-3H3. The second kappa shape index (κ2) is 4.35. The van der Waals surface area contributed by atoms with Crippen LogP contribution < -0.4 is 5.32 Å². The van der Waals surface area contributed by atoms with Gasteiger partial charge in [-0.3, -0.25) is 4.90 Å². The molecule has 3 unspecified atom stereocenters. The molecule has 0 saturated carbocycles. The van der Waals surface area contributed by atoms with Gasteiger partial charge in [-0.1, -0.05) is 6.92 Å². The highest BCUT2D eigenvalue weighted by atomic mass is 15.3. The molecule has 2 saturated heterocycles. The first kappa shape index (κ1) is 11.9. The summed E-state index contributed by atoms with van der Waals surface area (Å²) in [6.07, 6.45) is 1.76. The van der Waals surface area contributed by atoms with Gasteiger partial charge in [-0.15, -0.1) is 0 Å². The van der Waals surface area contributed by atoms with Crippen LogP contribution in [0.5, 0.6) is 0 Å². The average Bonchev–Trinajstić information content (AvgIpc) is 2.78. The first-order valence-corrected chi connectivity index (χ1v) is 6.45. The Labute approximate surface area is 98.8 Å². The summed E-state index contributed by atoms with van der Waals surface area (Å²) < 4.78 is 0. The van der Waals surface area contributed by atoms with E-state index in [1.54, 1.807) is 0 Å². The van der Waals surface area contributed by atoms with Gasteiger partial charge in [0.1, 0.15) is 0 Å². The van der Waals surface area contributed by atoms with Crippen molar-refractivity contribution in [2.24, 2.45) is 11.8 Å². The minimum absolute atomic E-state index is 0.256. The Bertz CT molecular complexity index is 292. The van der Waals surface area contributed by atoms with Gasteiger partial charge in [0.05, 0.1) is 12.5 Å². The van der Waals surface area contributed by atoms with E-state index in [4.69, 9.17) is 5.26 Å². The molecule has 90 valence electrons. The van der Waals surface area contributed by atoms with E-state index in [0.29, 0.717) is 12.5 Å². The van der Waals surface area contributed by atoms with E-state index < -0.39 is 0 Å². The van der Waals surface area contributed by atoms with E-state index in [2.05, 4.69) is 37.1 Å². The molecule has 0 bridgehead atoms. The molecule has 0 amide bonds. The van der Waals surface area contributed by atoms with Gasteiger partial charge in [0.15, 0.2) is 0 Å². The second-order valence-electron chi connectivity index (χ2n) is 5.76. The lowest BCUT2D eigenvalue weighted by atomic mass is 9.84. The summed E-state index contributed by atoms with van der Waals surface area (Å²) >= 11 is 0. The Morgan fingerprint density at radius 1 is 1.50 bits per heavy atom. The monoisotopic (exact) mass is 221 g/mol. The van der Waals surface area contributed by atoms with Crippen molar-refractivity contribution < 1.29 is 0 Å². The molecule has 0 aliphatic carbocycles. The largest absolute Gasteiger partial charge is 0.316 e. The highest BCUT2D eigenvalue weighted by Gasteiger charge is 2.50. The molecule has 1 N–H and O–H groups in total. The fourth-order valence-electron chi connectivity index (χ4n) is 3.65. The summed E-state index contributed by atoms with van der Waals surface area (Å²) in [5.41, 5.74) is 0.256. The summed E-state index contributed by atoms with van der Waals surface area (Å²) in [5.74, 6) is 1.56.